The van der Waals surface area contributed by atoms with Crippen LogP contribution in [0.15, 0.2) is 30.3 Å². The quantitative estimate of drug-likeness (QED) is 0.561. The summed E-state index contributed by atoms with van der Waals surface area (Å²) >= 11 is 0. The Kier molecular flexibility index (Phi) is 7.89. The molecular weight excluding hydrogens is 272 g/mol. The molecule has 6 nitrogen and oxygen atoms in total. The Bertz CT molecular complexity index is 437. The van der Waals surface area contributed by atoms with Crippen molar-refractivity contribution < 1.29 is 19.1 Å². The molecule has 116 valence electrons. The first-order valence-corrected chi connectivity index (χ1v) is 7.00. The molecule has 0 aliphatic heterocycles. The van der Waals surface area contributed by atoms with Crippen molar-refractivity contribution >= 4 is 12.1 Å². The molecule has 21 heavy (non-hydrogen) atoms. The van der Waals surface area contributed by atoms with Gasteiger partial charge in [0.25, 0.3) is 0 Å². The largest absolute Gasteiger partial charge is 0.465 e. The number of hydrogen-bond donors (Lipinski definition) is 2. The summed E-state index contributed by atoms with van der Waals surface area (Å²) in [7, 11) is 0. The van der Waals surface area contributed by atoms with Crippen molar-refractivity contribution in [3.05, 3.63) is 35.9 Å². The summed E-state index contributed by atoms with van der Waals surface area (Å²) in [6.45, 7) is 2.68. The van der Waals surface area contributed by atoms with E-state index in [1.807, 2.05) is 30.3 Å². The van der Waals surface area contributed by atoms with Crippen molar-refractivity contribution in [1.29, 1.82) is 0 Å². The lowest BCUT2D eigenvalue weighted by Gasteiger charge is -2.11. The Morgan fingerprint density at radius 2 is 1.95 bits per heavy atom. The second-order valence-electron chi connectivity index (χ2n) is 4.49. The van der Waals surface area contributed by atoms with Crippen LogP contribution >= 0.6 is 0 Å². The monoisotopic (exact) mass is 294 g/mol. The van der Waals surface area contributed by atoms with Crippen LogP contribution in [0.2, 0.25) is 0 Å². The van der Waals surface area contributed by atoms with Crippen molar-refractivity contribution in [2.75, 3.05) is 13.2 Å². The number of ether oxygens (including phenoxy) is 2. The first kappa shape index (κ1) is 17.0. The highest BCUT2D eigenvalue weighted by atomic mass is 16.5. The van der Waals surface area contributed by atoms with E-state index in [0.29, 0.717) is 26.0 Å². The van der Waals surface area contributed by atoms with E-state index in [1.165, 1.54) is 0 Å². The zero-order chi connectivity index (χ0) is 15.5. The molecule has 0 aliphatic rings. The molecule has 1 atom stereocenters. The first-order valence-electron chi connectivity index (χ1n) is 7.00. The number of carbonyl (C=O) groups excluding carboxylic acids is 2. The van der Waals surface area contributed by atoms with Crippen molar-refractivity contribution in [3.63, 3.8) is 0 Å². The normalized spacial score (nSPS) is 11.5. The number of nitrogens with one attached hydrogen (secondary N) is 1. The number of amides is 1. The molecular formula is C15H22N2O4. The van der Waals surface area contributed by atoms with Gasteiger partial charge in [-0.1, -0.05) is 30.3 Å². The second-order valence-corrected chi connectivity index (χ2v) is 4.49. The van der Waals surface area contributed by atoms with Crippen LogP contribution in [0.1, 0.15) is 25.3 Å². The number of nitrogens with two attached hydrogens (primary N) is 1. The first-order chi connectivity index (χ1) is 10.1. The molecule has 0 unspecified atom stereocenters. The van der Waals surface area contributed by atoms with Crippen LogP contribution in [-0.4, -0.2) is 31.3 Å². The molecule has 0 bridgehead atoms. The maximum Gasteiger partial charge on any atom is 0.407 e. The average Bonchev–Trinajstić information content (AvgIpc) is 2.50. The zero-order valence-electron chi connectivity index (χ0n) is 12.2. The van der Waals surface area contributed by atoms with Crippen LogP contribution in [-0.2, 0) is 20.9 Å². The van der Waals surface area contributed by atoms with Crippen LogP contribution in [0, 0.1) is 0 Å². The summed E-state index contributed by atoms with van der Waals surface area (Å²) in [5.74, 6) is -0.413. The van der Waals surface area contributed by atoms with Crippen molar-refractivity contribution in [1.82, 2.24) is 5.32 Å². The number of hydrogen-bond acceptors (Lipinski definition) is 5. The molecule has 0 spiro atoms. The van der Waals surface area contributed by atoms with Gasteiger partial charge in [-0.3, -0.25) is 4.79 Å². The van der Waals surface area contributed by atoms with Crippen molar-refractivity contribution in [2.24, 2.45) is 5.73 Å². The Morgan fingerprint density at radius 3 is 2.62 bits per heavy atom. The zero-order valence-corrected chi connectivity index (χ0v) is 12.2. The topological polar surface area (TPSA) is 90.6 Å². The highest BCUT2D eigenvalue weighted by Gasteiger charge is 2.13. The third-order valence-corrected chi connectivity index (χ3v) is 2.76. The summed E-state index contributed by atoms with van der Waals surface area (Å²) in [5.41, 5.74) is 6.56. The fourth-order valence-corrected chi connectivity index (χ4v) is 1.65. The van der Waals surface area contributed by atoms with E-state index < -0.39 is 18.1 Å². The third kappa shape index (κ3) is 7.31. The number of benzene rings is 1. The Balaban J connectivity index is 2.09. The van der Waals surface area contributed by atoms with Gasteiger partial charge in [0.1, 0.15) is 12.6 Å². The van der Waals surface area contributed by atoms with E-state index >= 15 is 0 Å². The Hall–Kier alpha value is -2.08. The van der Waals surface area contributed by atoms with E-state index in [0.717, 1.165) is 5.56 Å². The lowest BCUT2D eigenvalue weighted by Crippen LogP contribution is -2.33. The minimum atomic E-state index is -0.646. The molecule has 1 aromatic rings. The molecule has 0 aliphatic carbocycles. The molecule has 0 aromatic heterocycles. The molecule has 1 rings (SSSR count). The smallest absolute Gasteiger partial charge is 0.407 e. The van der Waals surface area contributed by atoms with Gasteiger partial charge in [-0.05, 0) is 25.3 Å². The van der Waals surface area contributed by atoms with Crippen molar-refractivity contribution in [3.8, 4) is 0 Å². The Labute approximate surface area is 124 Å². The van der Waals surface area contributed by atoms with Gasteiger partial charge in [-0.15, -0.1) is 0 Å². The Morgan fingerprint density at radius 1 is 1.24 bits per heavy atom. The average molecular weight is 294 g/mol. The number of rotatable bonds is 8. The summed E-state index contributed by atoms with van der Waals surface area (Å²) in [6, 6.07) is 8.78. The molecule has 0 heterocycles. The van der Waals surface area contributed by atoms with Crippen LogP contribution in [0.3, 0.4) is 0 Å². The summed E-state index contributed by atoms with van der Waals surface area (Å²) < 4.78 is 9.84. The predicted molar refractivity (Wildman–Crippen MR) is 78.5 cm³/mol. The highest BCUT2D eigenvalue weighted by Crippen LogP contribution is 2.01. The van der Waals surface area contributed by atoms with E-state index in [-0.39, 0.29) is 6.61 Å². The maximum absolute atomic E-state index is 11.4. The molecule has 3 N–H and O–H groups in total. The molecule has 0 radical (unpaired) electrons. The van der Waals surface area contributed by atoms with Gasteiger partial charge >= 0.3 is 12.1 Å². The predicted octanol–water partition coefficient (Wildman–Crippen LogP) is 1.58. The number of carbonyl (C=O) groups is 2. The van der Waals surface area contributed by atoms with E-state index in [9.17, 15) is 9.59 Å². The second kappa shape index (κ2) is 9.77. The number of alkyl carbamates (subject to hydrolysis) is 1. The fourth-order valence-electron chi connectivity index (χ4n) is 1.65. The molecule has 1 amide bonds. The SMILES string of the molecule is CCOC(=O)[C@H](N)CCCNC(=O)OCc1ccccc1. The summed E-state index contributed by atoms with van der Waals surface area (Å²) in [4.78, 5) is 22.7. The van der Waals surface area contributed by atoms with Gasteiger partial charge < -0.3 is 20.5 Å². The summed E-state index contributed by atoms with van der Waals surface area (Å²) in [6.07, 6.45) is 0.557. The van der Waals surface area contributed by atoms with Gasteiger partial charge in [0.05, 0.1) is 6.61 Å². The van der Waals surface area contributed by atoms with Crippen LogP contribution < -0.4 is 11.1 Å². The van der Waals surface area contributed by atoms with Crippen LogP contribution in [0.25, 0.3) is 0 Å². The van der Waals surface area contributed by atoms with Gasteiger partial charge in [0.15, 0.2) is 0 Å². The third-order valence-electron chi connectivity index (χ3n) is 2.76. The molecule has 1 aromatic carbocycles. The molecule has 0 fully saturated rings. The summed E-state index contributed by atoms with van der Waals surface area (Å²) in [5, 5.41) is 2.61. The standard InChI is InChI=1S/C15H22N2O4/c1-2-20-14(18)13(16)9-6-10-17-15(19)21-11-12-7-4-3-5-8-12/h3-5,7-8,13H,2,6,9-11,16H2,1H3,(H,17,19)/t13-/m1/s1. The highest BCUT2D eigenvalue weighted by molar-refractivity contribution is 5.75. The fraction of sp³-hybridized carbons (Fsp3) is 0.467. The van der Waals surface area contributed by atoms with Crippen LogP contribution in [0.5, 0.6) is 0 Å². The van der Waals surface area contributed by atoms with Gasteiger partial charge in [-0.25, -0.2) is 4.79 Å². The van der Waals surface area contributed by atoms with E-state index in [4.69, 9.17) is 15.2 Å². The molecule has 0 saturated carbocycles. The molecule has 6 heteroatoms. The minimum absolute atomic E-state index is 0.231. The minimum Gasteiger partial charge on any atom is -0.465 e. The van der Waals surface area contributed by atoms with E-state index in [2.05, 4.69) is 5.32 Å². The van der Waals surface area contributed by atoms with Gasteiger partial charge in [0, 0.05) is 6.54 Å². The lowest BCUT2D eigenvalue weighted by atomic mass is 10.2. The van der Waals surface area contributed by atoms with Gasteiger partial charge in [-0.2, -0.15) is 0 Å². The van der Waals surface area contributed by atoms with Crippen molar-refractivity contribution in [2.45, 2.75) is 32.4 Å². The van der Waals surface area contributed by atoms with Gasteiger partial charge in [0.2, 0.25) is 0 Å². The number of esters is 1. The van der Waals surface area contributed by atoms with Crippen LogP contribution in [0.4, 0.5) is 4.79 Å². The maximum atomic E-state index is 11.4. The lowest BCUT2D eigenvalue weighted by molar-refractivity contribution is -0.144. The molecule has 0 saturated heterocycles. The van der Waals surface area contributed by atoms with E-state index in [1.54, 1.807) is 6.92 Å².